The van der Waals surface area contributed by atoms with Crippen LogP contribution in [-0.4, -0.2) is 9.97 Å². The molecule has 0 fully saturated rings. The van der Waals surface area contributed by atoms with Crippen LogP contribution in [-0.2, 0) is 0 Å². The molecule has 0 aliphatic heterocycles. The number of rotatable bonds is 2. The molecule has 0 saturated carbocycles. The molecular formula is C18H14ClFN2O2. The van der Waals surface area contributed by atoms with Crippen LogP contribution in [0.2, 0.25) is 5.02 Å². The van der Waals surface area contributed by atoms with Gasteiger partial charge in [-0.25, -0.2) is 4.39 Å². The van der Waals surface area contributed by atoms with Crippen molar-refractivity contribution in [3.05, 3.63) is 79.2 Å². The quantitative estimate of drug-likeness (QED) is 0.742. The van der Waals surface area contributed by atoms with E-state index in [1.165, 1.54) is 24.4 Å². The second-order valence-corrected chi connectivity index (χ2v) is 5.90. The Balaban J connectivity index is 2.16. The van der Waals surface area contributed by atoms with Crippen LogP contribution >= 0.6 is 11.6 Å². The monoisotopic (exact) mass is 344 g/mol. The third-order valence-corrected chi connectivity index (χ3v) is 4.30. The molecule has 2 aromatic heterocycles. The van der Waals surface area contributed by atoms with Crippen LogP contribution in [0.25, 0.3) is 22.4 Å². The Hall–Kier alpha value is -2.66. The molecule has 0 amide bonds. The fourth-order valence-corrected chi connectivity index (χ4v) is 2.78. The molecule has 0 radical (unpaired) electrons. The van der Waals surface area contributed by atoms with E-state index in [1.54, 1.807) is 26.0 Å². The van der Waals surface area contributed by atoms with E-state index in [0.29, 0.717) is 22.6 Å². The number of H-pyrrole nitrogens is 2. The number of benzene rings is 1. The van der Waals surface area contributed by atoms with E-state index < -0.39 is 0 Å². The van der Waals surface area contributed by atoms with Gasteiger partial charge in [0.25, 0.3) is 0 Å². The van der Waals surface area contributed by atoms with Crippen molar-refractivity contribution in [2.45, 2.75) is 13.8 Å². The van der Waals surface area contributed by atoms with Crippen LogP contribution < -0.4 is 10.9 Å². The fraction of sp³-hybridized carbons (Fsp3) is 0.111. The molecule has 122 valence electrons. The molecule has 1 aromatic carbocycles. The number of halogens is 2. The summed E-state index contributed by atoms with van der Waals surface area (Å²) < 4.78 is 13.0. The summed E-state index contributed by atoms with van der Waals surface area (Å²) in [5, 5.41) is 0.0672. The summed E-state index contributed by atoms with van der Waals surface area (Å²) >= 11 is 6.01. The molecule has 3 rings (SSSR count). The van der Waals surface area contributed by atoms with Gasteiger partial charge < -0.3 is 9.97 Å². The molecule has 0 atom stereocenters. The van der Waals surface area contributed by atoms with Gasteiger partial charge in [-0.05, 0) is 43.7 Å². The molecule has 0 aliphatic rings. The van der Waals surface area contributed by atoms with Crippen molar-refractivity contribution in [3.63, 3.8) is 0 Å². The lowest BCUT2D eigenvalue weighted by Gasteiger charge is -2.09. The number of hydrogen-bond acceptors (Lipinski definition) is 2. The van der Waals surface area contributed by atoms with E-state index in [4.69, 9.17) is 11.6 Å². The molecule has 0 spiro atoms. The van der Waals surface area contributed by atoms with Gasteiger partial charge in [-0.2, -0.15) is 0 Å². The second kappa shape index (κ2) is 6.09. The summed E-state index contributed by atoms with van der Waals surface area (Å²) in [6.45, 7) is 3.41. The largest absolute Gasteiger partial charge is 0.361 e. The minimum absolute atomic E-state index is 0.0672. The highest BCUT2D eigenvalue weighted by Gasteiger charge is 2.16. The zero-order chi connectivity index (χ0) is 17.4. The predicted molar refractivity (Wildman–Crippen MR) is 93.0 cm³/mol. The summed E-state index contributed by atoms with van der Waals surface area (Å²) in [4.78, 5) is 30.9. The lowest BCUT2D eigenvalue weighted by molar-refractivity contribution is 0.628. The van der Waals surface area contributed by atoms with Gasteiger partial charge in [0.15, 0.2) is 5.43 Å². The molecule has 6 heteroatoms. The molecule has 2 N–H and O–H groups in total. The molecule has 0 unspecified atom stereocenters. The van der Waals surface area contributed by atoms with Gasteiger partial charge >= 0.3 is 0 Å². The second-order valence-electron chi connectivity index (χ2n) is 5.52. The lowest BCUT2D eigenvalue weighted by atomic mass is 10.0. The summed E-state index contributed by atoms with van der Waals surface area (Å²) in [7, 11) is 0. The first-order chi connectivity index (χ1) is 11.4. The van der Waals surface area contributed by atoms with Crippen molar-refractivity contribution in [1.29, 1.82) is 0 Å². The van der Waals surface area contributed by atoms with Gasteiger partial charge in [-0.1, -0.05) is 11.6 Å². The highest BCUT2D eigenvalue weighted by atomic mass is 35.5. The smallest absolute Gasteiger partial charge is 0.208 e. The Labute approximate surface area is 142 Å². The number of aromatic amines is 2. The number of aromatic nitrogens is 2. The zero-order valence-electron chi connectivity index (χ0n) is 13.0. The highest BCUT2D eigenvalue weighted by Crippen LogP contribution is 2.21. The lowest BCUT2D eigenvalue weighted by Crippen LogP contribution is -2.16. The normalized spacial score (nSPS) is 10.8. The molecule has 3 aromatic rings. The van der Waals surface area contributed by atoms with Gasteiger partial charge in [-0.15, -0.1) is 0 Å². The molecule has 0 bridgehead atoms. The van der Waals surface area contributed by atoms with Gasteiger partial charge in [0.05, 0.1) is 11.1 Å². The van der Waals surface area contributed by atoms with Crippen molar-refractivity contribution in [3.8, 4) is 22.4 Å². The average Bonchev–Trinajstić information content (AvgIpc) is 2.55. The van der Waals surface area contributed by atoms with Crippen LogP contribution in [0.15, 0.2) is 46.1 Å². The van der Waals surface area contributed by atoms with Crippen molar-refractivity contribution >= 4 is 11.6 Å². The van der Waals surface area contributed by atoms with Gasteiger partial charge in [0.1, 0.15) is 10.8 Å². The first kappa shape index (κ1) is 16.2. The van der Waals surface area contributed by atoms with Crippen molar-refractivity contribution in [2.24, 2.45) is 0 Å². The Morgan fingerprint density at radius 3 is 2.33 bits per heavy atom. The van der Waals surface area contributed by atoms with Crippen molar-refractivity contribution in [1.82, 2.24) is 9.97 Å². The van der Waals surface area contributed by atoms with Crippen LogP contribution in [0.3, 0.4) is 0 Å². The molecule has 24 heavy (non-hydrogen) atoms. The molecule has 0 aliphatic carbocycles. The maximum Gasteiger partial charge on any atom is 0.208 e. The first-order valence-corrected chi connectivity index (χ1v) is 7.64. The highest BCUT2D eigenvalue weighted by molar-refractivity contribution is 6.31. The molecule has 2 heterocycles. The number of hydrogen-bond donors (Lipinski definition) is 2. The Morgan fingerprint density at radius 2 is 1.71 bits per heavy atom. The van der Waals surface area contributed by atoms with E-state index in [1.807, 2.05) is 0 Å². The van der Waals surface area contributed by atoms with E-state index in [-0.39, 0.29) is 32.8 Å². The Kier molecular flexibility index (Phi) is 4.11. The molecule has 0 saturated heterocycles. The SMILES string of the molecule is Cc1[nH]c(C)c(-c2c[nH]c(-c3ccc(F)cc3)cc2=O)c(=O)c1Cl. The van der Waals surface area contributed by atoms with Gasteiger partial charge in [0.2, 0.25) is 5.43 Å². The van der Waals surface area contributed by atoms with Gasteiger partial charge in [-0.3, -0.25) is 9.59 Å². The molecule has 4 nitrogen and oxygen atoms in total. The van der Waals surface area contributed by atoms with Crippen LogP contribution in [0.5, 0.6) is 0 Å². The van der Waals surface area contributed by atoms with E-state index >= 15 is 0 Å². The first-order valence-electron chi connectivity index (χ1n) is 7.26. The number of aryl methyl sites for hydroxylation is 2. The average molecular weight is 345 g/mol. The molecular weight excluding hydrogens is 331 g/mol. The summed E-state index contributed by atoms with van der Waals surface area (Å²) in [5.41, 5.74) is 2.12. The van der Waals surface area contributed by atoms with Crippen LogP contribution in [0.1, 0.15) is 11.4 Å². The van der Waals surface area contributed by atoms with Crippen LogP contribution in [0, 0.1) is 19.7 Å². The third kappa shape index (κ3) is 2.78. The standard InChI is InChI=1S/C18H14ClFN2O2/c1-9-16(18(24)17(19)10(2)22-9)13-8-21-14(7-15(13)23)11-3-5-12(20)6-4-11/h3-8H,1-2H3,(H,21,23)(H,22,24). The summed E-state index contributed by atoms with van der Waals surface area (Å²) in [6.07, 6.45) is 1.48. The third-order valence-electron chi connectivity index (χ3n) is 3.84. The Morgan fingerprint density at radius 1 is 1.04 bits per heavy atom. The number of pyridine rings is 2. The Bertz CT molecular complexity index is 1040. The van der Waals surface area contributed by atoms with E-state index in [2.05, 4.69) is 9.97 Å². The summed E-state index contributed by atoms with van der Waals surface area (Å²) in [6, 6.07) is 7.16. The number of nitrogens with one attached hydrogen (secondary N) is 2. The maximum absolute atomic E-state index is 13.0. The van der Waals surface area contributed by atoms with Crippen LogP contribution in [0.4, 0.5) is 4.39 Å². The topological polar surface area (TPSA) is 65.7 Å². The minimum atomic E-state index is -0.384. The zero-order valence-corrected chi connectivity index (χ0v) is 13.8. The predicted octanol–water partition coefficient (Wildman–Crippen LogP) is 3.81. The maximum atomic E-state index is 13.0. The summed E-state index contributed by atoms with van der Waals surface area (Å²) in [5.74, 6) is -0.353. The minimum Gasteiger partial charge on any atom is -0.361 e. The van der Waals surface area contributed by atoms with Crippen molar-refractivity contribution < 1.29 is 4.39 Å². The van der Waals surface area contributed by atoms with E-state index in [0.717, 1.165) is 0 Å². The fourth-order valence-electron chi connectivity index (χ4n) is 2.64. The van der Waals surface area contributed by atoms with Crippen molar-refractivity contribution in [2.75, 3.05) is 0 Å². The van der Waals surface area contributed by atoms with Gasteiger partial charge in [0, 0.05) is 29.3 Å². The van der Waals surface area contributed by atoms with E-state index in [9.17, 15) is 14.0 Å².